The number of furan rings is 1. The monoisotopic (exact) mass is 492 g/mol. The SMILES string of the molecule is COC(=O)COc1ccc(Br)cc1C=C1NC(=O)N(Cc2ccc(C(=O)OC)o2)C1=O. The minimum atomic E-state index is -0.668. The number of nitrogens with one attached hydrogen (secondary N) is 1. The van der Waals surface area contributed by atoms with Crippen LogP contribution in [0, 0.1) is 0 Å². The van der Waals surface area contributed by atoms with Crippen molar-refractivity contribution < 1.29 is 37.8 Å². The Kier molecular flexibility index (Phi) is 6.75. The second-order valence-electron chi connectivity index (χ2n) is 6.18. The van der Waals surface area contributed by atoms with Crippen molar-refractivity contribution >= 4 is 45.9 Å². The fourth-order valence-electron chi connectivity index (χ4n) is 2.66. The summed E-state index contributed by atoms with van der Waals surface area (Å²) in [7, 11) is 2.45. The Labute approximate surface area is 184 Å². The van der Waals surface area contributed by atoms with E-state index in [0.29, 0.717) is 15.8 Å². The Morgan fingerprint density at radius 3 is 2.65 bits per heavy atom. The molecule has 0 spiro atoms. The summed E-state index contributed by atoms with van der Waals surface area (Å²) < 4.78 is 20.6. The number of hydrogen-bond donors (Lipinski definition) is 1. The zero-order valence-electron chi connectivity index (χ0n) is 16.5. The van der Waals surface area contributed by atoms with Crippen molar-refractivity contribution in [1.29, 1.82) is 0 Å². The molecule has 2 aromatic rings. The van der Waals surface area contributed by atoms with Gasteiger partial charge in [0.1, 0.15) is 17.2 Å². The molecule has 0 unspecified atom stereocenters. The van der Waals surface area contributed by atoms with Gasteiger partial charge >= 0.3 is 18.0 Å². The van der Waals surface area contributed by atoms with Crippen molar-refractivity contribution in [2.45, 2.75) is 6.54 Å². The number of carbonyl (C=O) groups excluding carboxylic acids is 4. The number of amides is 3. The molecular weight excluding hydrogens is 476 g/mol. The van der Waals surface area contributed by atoms with E-state index in [9.17, 15) is 19.2 Å². The third kappa shape index (κ3) is 5.12. The highest BCUT2D eigenvalue weighted by Crippen LogP contribution is 2.27. The van der Waals surface area contributed by atoms with Gasteiger partial charge in [-0.05, 0) is 36.4 Å². The molecule has 0 saturated carbocycles. The lowest BCUT2D eigenvalue weighted by atomic mass is 10.1. The Morgan fingerprint density at radius 2 is 1.94 bits per heavy atom. The van der Waals surface area contributed by atoms with Crippen LogP contribution in [0.5, 0.6) is 5.75 Å². The quantitative estimate of drug-likeness (QED) is 0.355. The molecule has 11 heteroatoms. The molecule has 1 aromatic heterocycles. The number of nitrogens with zero attached hydrogens (tertiary/aromatic N) is 1. The first-order chi connectivity index (χ1) is 14.8. The topological polar surface area (TPSA) is 124 Å². The fourth-order valence-corrected chi connectivity index (χ4v) is 3.04. The molecule has 1 N–H and O–H groups in total. The molecule has 3 amide bonds. The molecule has 0 aliphatic carbocycles. The lowest BCUT2D eigenvalue weighted by Gasteiger charge is -2.10. The van der Waals surface area contributed by atoms with Gasteiger partial charge < -0.3 is 23.9 Å². The van der Waals surface area contributed by atoms with Crippen molar-refractivity contribution in [3.05, 3.63) is 57.6 Å². The van der Waals surface area contributed by atoms with E-state index in [4.69, 9.17) is 9.15 Å². The molecule has 1 saturated heterocycles. The zero-order chi connectivity index (χ0) is 22.5. The van der Waals surface area contributed by atoms with Gasteiger partial charge in [0, 0.05) is 10.0 Å². The highest BCUT2D eigenvalue weighted by molar-refractivity contribution is 9.10. The number of methoxy groups -OCH3 is 2. The highest BCUT2D eigenvalue weighted by atomic mass is 79.9. The lowest BCUT2D eigenvalue weighted by Crippen LogP contribution is -2.30. The van der Waals surface area contributed by atoms with Crippen LogP contribution in [0.3, 0.4) is 0 Å². The van der Waals surface area contributed by atoms with Crippen LogP contribution in [0.15, 0.2) is 44.9 Å². The summed E-state index contributed by atoms with van der Waals surface area (Å²) in [5.41, 5.74) is 0.459. The van der Waals surface area contributed by atoms with Gasteiger partial charge in [-0.25, -0.2) is 14.4 Å². The first-order valence-electron chi connectivity index (χ1n) is 8.83. The number of rotatable bonds is 7. The smallest absolute Gasteiger partial charge is 0.373 e. The summed E-state index contributed by atoms with van der Waals surface area (Å²) in [5, 5.41) is 2.49. The molecule has 0 bridgehead atoms. The Balaban J connectivity index is 1.80. The summed E-state index contributed by atoms with van der Waals surface area (Å²) in [4.78, 5) is 48.8. The van der Waals surface area contributed by atoms with E-state index in [0.717, 1.165) is 4.90 Å². The maximum absolute atomic E-state index is 12.7. The third-order valence-corrected chi connectivity index (χ3v) is 4.66. The van der Waals surface area contributed by atoms with Gasteiger partial charge in [0.25, 0.3) is 5.91 Å². The molecule has 10 nitrogen and oxygen atoms in total. The average Bonchev–Trinajstić information content (AvgIpc) is 3.33. The van der Waals surface area contributed by atoms with Gasteiger partial charge in [-0.2, -0.15) is 0 Å². The Morgan fingerprint density at radius 1 is 1.16 bits per heavy atom. The van der Waals surface area contributed by atoms with E-state index < -0.39 is 23.9 Å². The minimum Gasteiger partial charge on any atom is -0.481 e. The molecule has 31 heavy (non-hydrogen) atoms. The zero-order valence-corrected chi connectivity index (χ0v) is 18.1. The van der Waals surface area contributed by atoms with Gasteiger partial charge in [-0.15, -0.1) is 0 Å². The number of benzene rings is 1. The maximum Gasteiger partial charge on any atom is 0.373 e. The third-order valence-electron chi connectivity index (χ3n) is 4.17. The largest absolute Gasteiger partial charge is 0.481 e. The van der Waals surface area contributed by atoms with E-state index in [2.05, 4.69) is 30.7 Å². The van der Waals surface area contributed by atoms with E-state index in [-0.39, 0.29) is 30.4 Å². The van der Waals surface area contributed by atoms with Crippen LogP contribution in [0.2, 0.25) is 0 Å². The average molecular weight is 493 g/mol. The van der Waals surface area contributed by atoms with Crippen LogP contribution in [0.25, 0.3) is 6.08 Å². The molecule has 162 valence electrons. The molecule has 0 radical (unpaired) electrons. The first-order valence-corrected chi connectivity index (χ1v) is 9.62. The van der Waals surface area contributed by atoms with Crippen LogP contribution < -0.4 is 10.1 Å². The second-order valence-corrected chi connectivity index (χ2v) is 7.10. The van der Waals surface area contributed by atoms with Crippen molar-refractivity contribution in [3.8, 4) is 5.75 Å². The Bertz CT molecular complexity index is 1070. The molecule has 1 fully saturated rings. The maximum atomic E-state index is 12.7. The van der Waals surface area contributed by atoms with E-state index in [1.165, 1.54) is 32.4 Å². The number of carbonyl (C=O) groups is 4. The normalized spacial score (nSPS) is 14.5. The van der Waals surface area contributed by atoms with E-state index in [1.54, 1.807) is 18.2 Å². The van der Waals surface area contributed by atoms with Crippen LogP contribution in [-0.4, -0.2) is 49.6 Å². The summed E-state index contributed by atoms with van der Waals surface area (Å²) in [6, 6.07) is 7.18. The van der Waals surface area contributed by atoms with Crippen molar-refractivity contribution in [2.75, 3.05) is 20.8 Å². The minimum absolute atomic E-state index is 0.00534. The summed E-state index contributed by atoms with van der Waals surface area (Å²) in [6.07, 6.45) is 1.43. The molecular formula is C20H17BrN2O8. The molecule has 1 aromatic carbocycles. The summed E-state index contributed by atoms with van der Waals surface area (Å²) in [6.45, 7) is -0.495. The van der Waals surface area contributed by atoms with Crippen LogP contribution in [0.4, 0.5) is 4.79 Å². The van der Waals surface area contributed by atoms with Gasteiger partial charge in [-0.3, -0.25) is 9.69 Å². The second kappa shape index (κ2) is 9.47. The molecule has 0 atom stereocenters. The predicted octanol–water partition coefficient (Wildman–Crippen LogP) is 2.47. The van der Waals surface area contributed by atoms with Gasteiger partial charge in [0.05, 0.1) is 20.8 Å². The molecule has 3 rings (SSSR count). The Hall–Kier alpha value is -3.60. The van der Waals surface area contributed by atoms with Gasteiger partial charge in [-0.1, -0.05) is 15.9 Å². The van der Waals surface area contributed by atoms with Gasteiger partial charge in [0.15, 0.2) is 6.61 Å². The fraction of sp³-hybridized carbons (Fsp3) is 0.200. The van der Waals surface area contributed by atoms with E-state index in [1.807, 2.05) is 0 Å². The standard InChI is InChI=1S/C20H17BrN2O8/c1-28-17(24)10-30-15-5-3-12(21)7-11(15)8-14-18(25)23(20(27)22-14)9-13-4-6-16(31-13)19(26)29-2/h3-8H,9-10H2,1-2H3,(H,22,27). The molecule has 1 aliphatic heterocycles. The van der Waals surface area contributed by atoms with Gasteiger partial charge in [0.2, 0.25) is 5.76 Å². The van der Waals surface area contributed by atoms with Crippen molar-refractivity contribution in [3.63, 3.8) is 0 Å². The predicted molar refractivity (Wildman–Crippen MR) is 109 cm³/mol. The number of halogens is 1. The number of ether oxygens (including phenoxy) is 3. The molecule has 1 aliphatic rings. The van der Waals surface area contributed by atoms with Crippen LogP contribution >= 0.6 is 15.9 Å². The number of esters is 2. The number of urea groups is 1. The highest BCUT2D eigenvalue weighted by Gasteiger charge is 2.34. The number of hydrogen-bond acceptors (Lipinski definition) is 8. The lowest BCUT2D eigenvalue weighted by molar-refractivity contribution is -0.142. The summed E-state index contributed by atoms with van der Waals surface area (Å²) >= 11 is 3.33. The van der Waals surface area contributed by atoms with E-state index >= 15 is 0 Å². The molecule has 2 heterocycles. The van der Waals surface area contributed by atoms with Crippen LogP contribution in [-0.2, 0) is 25.6 Å². The first kappa shape index (κ1) is 22.1. The van der Waals surface area contributed by atoms with Crippen molar-refractivity contribution in [1.82, 2.24) is 10.2 Å². The number of imide groups is 1. The van der Waals surface area contributed by atoms with Crippen LogP contribution in [0.1, 0.15) is 21.9 Å². The van der Waals surface area contributed by atoms with Crippen molar-refractivity contribution in [2.24, 2.45) is 0 Å². The summed E-state index contributed by atoms with van der Waals surface area (Å²) in [5.74, 6) is -1.33.